The molecule has 5 rings (SSSR count). The molecule has 0 spiro atoms. The highest BCUT2D eigenvalue weighted by Gasteiger charge is 2.12. The number of carbonyl (C=O) groups is 2. The van der Waals surface area contributed by atoms with E-state index < -0.39 is 0 Å². The molecule has 0 bridgehead atoms. The van der Waals surface area contributed by atoms with Crippen LogP contribution in [0.1, 0.15) is 26.3 Å². The second kappa shape index (κ2) is 8.32. The van der Waals surface area contributed by atoms with Gasteiger partial charge in [-0.15, -0.1) is 0 Å². The first kappa shape index (κ1) is 19.5. The number of H-pyrrole nitrogens is 1. The summed E-state index contributed by atoms with van der Waals surface area (Å²) in [5.41, 5.74) is 5.03. The molecule has 1 aromatic heterocycles. The summed E-state index contributed by atoms with van der Waals surface area (Å²) >= 11 is 0. The van der Waals surface area contributed by atoms with Crippen LogP contribution in [-0.4, -0.2) is 21.7 Å². The molecule has 4 aromatic carbocycles. The zero-order valence-corrected chi connectivity index (χ0v) is 17.1. The van der Waals surface area contributed by atoms with Crippen molar-refractivity contribution >= 4 is 28.4 Å². The topological polar surface area (TPSA) is 74.8 Å². The number of nitrogens with zero attached hydrogens (tertiary/aromatic N) is 1. The smallest absolute Gasteiger partial charge is 0.255 e. The summed E-state index contributed by atoms with van der Waals surface area (Å²) in [4.78, 5) is 33.2. The Hall–Kier alpha value is -4.51. The van der Waals surface area contributed by atoms with Gasteiger partial charge in [0.25, 0.3) is 5.91 Å². The molecule has 1 amide bonds. The fraction of sp³-hybridized carbons (Fsp3) is 0. The molecule has 0 aliphatic carbocycles. The first-order valence-electron chi connectivity index (χ1n) is 10.2. The number of amides is 1. The van der Waals surface area contributed by atoms with Crippen molar-refractivity contribution in [2.45, 2.75) is 0 Å². The Morgan fingerprint density at radius 3 is 2.16 bits per heavy atom. The van der Waals surface area contributed by atoms with E-state index in [1.165, 1.54) is 0 Å². The average Bonchev–Trinajstić information content (AvgIpc) is 3.29. The molecule has 0 saturated carbocycles. The van der Waals surface area contributed by atoms with Crippen molar-refractivity contribution in [1.82, 2.24) is 9.97 Å². The number of aromatic amines is 1. The molecule has 5 aromatic rings. The highest BCUT2D eigenvalue weighted by Crippen LogP contribution is 2.23. The SMILES string of the molecule is O=C(Nc1cccc(-c2nc3ccccc3[nH]2)c1)c1ccc(C(=O)c2ccccc2)cc1. The van der Waals surface area contributed by atoms with Gasteiger partial charge >= 0.3 is 0 Å². The third kappa shape index (κ3) is 3.91. The first-order valence-corrected chi connectivity index (χ1v) is 10.2. The third-order valence-electron chi connectivity index (χ3n) is 5.23. The standard InChI is InChI=1S/C27H19N3O2/c31-25(18-7-2-1-3-8-18)19-13-15-20(16-14-19)27(32)28-22-10-6-9-21(17-22)26-29-23-11-4-5-12-24(23)30-26/h1-17H,(H,28,32)(H,29,30). The maximum Gasteiger partial charge on any atom is 0.255 e. The van der Waals surface area contributed by atoms with E-state index in [1.54, 1.807) is 36.4 Å². The van der Waals surface area contributed by atoms with Gasteiger partial charge in [0.05, 0.1) is 11.0 Å². The van der Waals surface area contributed by atoms with E-state index in [4.69, 9.17) is 0 Å². The molecule has 0 unspecified atom stereocenters. The normalized spacial score (nSPS) is 10.8. The number of carbonyl (C=O) groups excluding carboxylic acids is 2. The number of rotatable bonds is 5. The van der Waals surface area contributed by atoms with E-state index in [0.717, 1.165) is 22.4 Å². The lowest BCUT2D eigenvalue weighted by Gasteiger charge is -2.08. The second-order valence-corrected chi connectivity index (χ2v) is 7.41. The van der Waals surface area contributed by atoms with E-state index in [-0.39, 0.29) is 11.7 Å². The van der Waals surface area contributed by atoms with Crippen LogP contribution in [-0.2, 0) is 0 Å². The predicted octanol–water partition coefficient (Wildman–Crippen LogP) is 5.71. The van der Waals surface area contributed by atoms with Crippen LogP contribution < -0.4 is 5.32 Å². The Morgan fingerprint density at radius 1 is 0.688 bits per heavy atom. The molecule has 0 fully saturated rings. The van der Waals surface area contributed by atoms with E-state index >= 15 is 0 Å². The summed E-state index contributed by atoms with van der Waals surface area (Å²) in [6, 6.07) is 31.1. The highest BCUT2D eigenvalue weighted by atomic mass is 16.1. The number of anilines is 1. The van der Waals surface area contributed by atoms with Crippen molar-refractivity contribution in [2.75, 3.05) is 5.32 Å². The van der Waals surface area contributed by atoms with Crippen LogP contribution in [0.4, 0.5) is 5.69 Å². The largest absolute Gasteiger partial charge is 0.338 e. The Kier molecular flexibility index (Phi) is 5.06. The second-order valence-electron chi connectivity index (χ2n) is 7.41. The Bertz CT molecular complexity index is 1390. The third-order valence-corrected chi connectivity index (χ3v) is 5.23. The zero-order valence-electron chi connectivity index (χ0n) is 17.1. The van der Waals surface area contributed by atoms with Crippen LogP contribution in [0.2, 0.25) is 0 Å². The summed E-state index contributed by atoms with van der Waals surface area (Å²) in [7, 11) is 0. The minimum atomic E-state index is -0.245. The van der Waals surface area contributed by atoms with Gasteiger partial charge in [-0.05, 0) is 36.4 Å². The maximum absolute atomic E-state index is 12.7. The first-order chi connectivity index (χ1) is 15.7. The van der Waals surface area contributed by atoms with Gasteiger partial charge in [0, 0.05) is 27.9 Å². The lowest BCUT2D eigenvalue weighted by atomic mass is 10.0. The lowest BCUT2D eigenvalue weighted by Crippen LogP contribution is -2.12. The Morgan fingerprint density at radius 2 is 1.38 bits per heavy atom. The molecule has 2 N–H and O–H groups in total. The Labute approximate surface area is 184 Å². The van der Waals surface area contributed by atoms with Gasteiger partial charge in [0.15, 0.2) is 5.78 Å². The summed E-state index contributed by atoms with van der Waals surface area (Å²) in [6.45, 7) is 0. The molecule has 0 saturated heterocycles. The van der Waals surface area contributed by atoms with Crippen LogP contribution in [0.5, 0.6) is 0 Å². The minimum Gasteiger partial charge on any atom is -0.338 e. The fourth-order valence-corrected chi connectivity index (χ4v) is 3.57. The van der Waals surface area contributed by atoms with Crippen molar-refractivity contribution < 1.29 is 9.59 Å². The van der Waals surface area contributed by atoms with Crippen LogP contribution in [0.25, 0.3) is 22.4 Å². The number of hydrogen-bond donors (Lipinski definition) is 2. The van der Waals surface area contributed by atoms with E-state index in [1.807, 2.05) is 66.7 Å². The van der Waals surface area contributed by atoms with Gasteiger partial charge < -0.3 is 10.3 Å². The van der Waals surface area contributed by atoms with Crippen molar-refractivity contribution in [3.63, 3.8) is 0 Å². The quantitative estimate of drug-likeness (QED) is 0.360. The monoisotopic (exact) mass is 417 g/mol. The van der Waals surface area contributed by atoms with Crippen LogP contribution in [0.3, 0.4) is 0 Å². The number of hydrogen-bond acceptors (Lipinski definition) is 3. The van der Waals surface area contributed by atoms with Gasteiger partial charge in [0.1, 0.15) is 5.82 Å². The molecule has 154 valence electrons. The molecule has 5 nitrogen and oxygen atoms in total. The fourth-order valence-electron chi connectivity index (χ4n) is 3.57. The molecular formula is C27H19N3O2. The number of imidazole rings is 1. The lowest BCUT2D eigenvalue weighted by molar-refractivity contribution is 0.102. The summed E-state index contributed by atoms with van der Waals surface area (Å²) < 4.78 is 0. The minimum absolute atomic E-state index is 0.0731. The summed E-state index contributed by atoms with van der Waals surface area (Å²) in [5.74, 6) is 0.424. The highest BCUT2D eigenvalue weighted by molar-refractivity contribution is 6.10. The number of benzene rings is 4. The number of aromatic nitrogens is 2. The van der Waals surface area contributed by atoms with Crippen molar-refractivity contribution in [2.24, 2.45) is 0 Å². The van der Waals surface area contributed by atoms with Gasteiger partial charge in [0.2, 0.25) is 0 Å². The number of ketones is 1. The maximum atomic E-state index is 12.7. The molecule has 0 aliphatic rings. The van der Waals surface area contributed by atoms with Crippen LogP contribution in [0, 0.1) is 0 Å². The van der Waals surface area contributed by atoms with Gasteiger partial charge in [-0.25, -0.2) is 4.98 Å². The van der Waals surface area contributed by atoms with E-state index in [2.05, 4.69) is 15.3 Å². The number of fused-ring (bicyclic) bond motifs is 1. The summed E-state index contributed by atoms with van der Waals surface area (Å²) in [5, 5.41) is 2.92. The Balaban J connectivity index is 1.33. The predicted molar refractivity (Wildman–Crippen MR) is 126 cm³/mol. The van der Waals surface area contributed by atoms with Crippen molar-refractivity contribution in [3.8, 4) is 11.4 Å². The van der Waals surface area contributed by atoms with E-state index in [9.17, 15) is 9.59 Å². The number of para-hydroxylation sites is 2. The van der Waals surface area contributed by atoms with Crippen LogP contribution >= 0.6 is 0 Å². The molecule has 0 radical (unpaired) electrons. The molecule has 0 aliphatic heterocycles. The van der Waals surface area contributed by atoms with Crippen molar-refractivity contribution in [3.05, 3.63) is 120 Å². The van der Waals surface area contributed by atoms with Gasteiger partial charge in [-0.2, -0.15) is 0 Å². The summed E-state index contributed by atoms with van der Waals surface area (Å²) in [6.07, 6.45) is 0. The van der Waals surface area contributed by atoms with Crippen molar-refractivity contribution in [1.29, 1.82) is 0 Å². The zero-order chi connectivity index (χ0) is 21.9. The molecule has 5 heteroatoms. The molecule has 0 atom stereocenters. The van der Waals surface area contributed by atoms with Gasteiger partial charge in [-0.1, -0.05) is 66.7 Å². The molecule has 32 heavy (non-hydrogen) atoms. The number of nitrogens with one attached hydrogen (secondary N) is 2. The van der Waals surface area contributed by atoms with E-state index in [0.29, 0.717) is 22.4 Å². The average molecular weight is 417 g/mol. The molecule has 1 heterocycles. The van der Waals surface area contributed by atoms with Crippen LogP contribution in [0.15, 0.2) is 103 Å². The molecular weight excluding hydrogens is 398 g/mol. The van der Waals surface area contributed by atoms with Gasteiger partial charge in [-0.3, -0.25) is 9.59 Å².